The summed E-state index contributed by atoms with van der Waals surface area (Å²) in [6.07, 6.45) is 0. The molecule has 0 aliphatic heterocycles. The number of aliphatic imine (C=N–C) groups is 1. The summed E-state index contributed by atoms with van der Waals surface area (Å²) in [5, 5.41) is 0. The van der Waals surface area contributed by atoms with Crippen molar-refractivity contribution in [3.63, 3.8) is 0 Å². The number of benzene rings is 2. The number of hydrogen-bond donors (Lipinski definition) is 0. The lowest BCUT2D eigenvalue weighted by molar-refractivity contribution is -0.138. The maximum Gasteiger partial charge on any atom is 0.327 e. The molecule has 2 aromatic rings. The first-order valence-corrected chi connectivity index (χ1v) is 6.56. The number of ether oxygens (including phenoxy) is 2. The highest BCUT2D eigenvalue weighted by molar-refractivity contribution is 6.14. The van der Waals surface area contributed by atoms with Crippen molar-refractivity contribution in [1.82, 2.24) is 0 Å². The maximum absolute atomic E-state index is 11.4. The van der Waals surface area contributed by atoms with Crippen molar-refractivity contribution in [3.8, 4) is 5.75 Å². The minimum Gasteiger partial charge on any atom is -0.496 e. The molecule has 21 heavy (non-hydrogen) atoms. The van der Waals surface area contributed by atoms with Crippen LogP contribution >= 0.6 is 0 Å². The van der Waals surface area contributed by atoms with Gasteiger partial charge in [0, 0.05) is 11.1 Å². The lowest BCUT2D eigenvalue weighted by atomic mass is 10.0. The zero-order valence-corrected chi connectivity index (χ0v) is 12.1. The Balaban J connectivity index is 2.48. The van der Waals surface area contributed by atoms with Crippen LogP contribution in [0, 0.1) is 0 Å². The number of rotatable bonds is 5. The maximum atomic E-state index is 11.4. The van der Waals surface area contributed by atoms with Crippen LogP contribution in [0.15, 0.2) is 59.6 Å². The summed E-state index contributed by atoms with van der Waals surface area (Å²) in [5.74, 6) is 0.336. The van der Waals surface area contributed by atoms with Crippen molar-refractivity contribution < 1.29 is 14.3 Å². The number of carbonyl (C=O) groups excluding carboxylic acids is 1. The molecular weight excluding hydrogens is 266 g/mol. The second-order valence-corrected chi connectivity index (χ2v) is 4.31. The van der Waals surface area contributed by atoms with Crippen molar-refractivity contribution in [2.75, 3.05) is 20.8 Å². The van der Waals surface area contributed by atoms with Gasteiger partial charge in [0.2, 0.25) is 0 Å². The van der Waals surface area contributed by atoms with Gasteiger partial charge in [-0.05, 0) is 12.1 Å². The average molecular weight is 283 g/mol. The van der Waals surface area contributed by atoms with Gasteiger partial charge in [-0.3, -0.25) is 9.79 Å². The van der Waals surface area contributed by atoms with E-state index in [2.05, 4.69) is 9.73 Å². The predicted molar refractivity (Wildman–Crippen MR) is 82.0 cm³/mol. The standard InChI is InChI=1S/C17H17NO3/c1-20-15-11-7-6-10-14(15)17(18-12-16(19)21-2)13-8-4-3-5-9-13/h3-11H,12H2,1-2H3. The van der Waals surface area contributed by atoms with Crippen LogP contribution in [0.25, 0.3) is 0 Å². The Kier molecular flexibility index (Phi) is 5.10. The van der Waals surface area contributed by atoms with Gasteiger partial charge in [0.1, 0.15) is 12.3 Å². The highest BCUT2D eigenvalue weighted by atomic mass is 16.5. The average Bonchev–Trinajstić information content (AvgIpc) is 2.56. The van der Waals surface area contributed by atoms with Gasteiger partial charge in [0.05, 0.1) is 19.9 Å². The quantitative estimate of drug-likeness (QED) is 0.626. The molecule has 0 fully saturated rings. The van der Waals surface area contributed by atoms with Crippen molar-refractivity contribution in [3.05, 3.63) is 65.7 Å². The van der Waals surface area contributed by atoms with Crippen LogP contribution in [0.3, 0.4) is 0 Å². The molecule has 0 N–H and O–H groups in total. The van der Waals surface area contributed by atoms with Gasteiger partial charge in [-0.25, -0.2) is 0 Å². The highest BCUT2D eigenvalue weighted by Crippen LogP contribution is 2.22. The van der Waals surface area contributed by atoms with Gasteiger partial charge in [0.25, 0.3) is 0 Å². The molecule has 0 bridgehead atoms. The molecule has 0 atom stereocenters. The third-order valence-corrected chi connectivity index (χ3v) is 3.00. The Bertz CT molecular complexity index is 635. The van der Waals surface area contributed by atoms with E-state index in [1.165, 1.54) is 7.11 Å². The van der Waals surface area contributed by atoms with E-state index in [-0.39, 0.29) is 12.5 Å². The van der Waals surface area contributed by atoms with E-state index in [1.54, 1.807) is 7.11 Å². The van der Waals surface area contributed by atoms with Crippen LogP contribution in [-0.2, 0) is 9.53 Å². The summed E-state index contributed by atoms with van der Waals surface area (Å²) >= 11 is 0. The molecule has 0 aliphatic rings. The molecule has 0 saturated heterocycles. The van der Waals surface area contributed by atoms with Crippen LogP contribution in [0.4, 0.5) is 0 Å². The molecule has 0 aromatic heterocycles. The summed E-state index contributed by atoms with van der Waals surface area (Å²) < 4.78 is 10.0. The predicted octanol–water partition coefficient (Wildman–Crippen LogP) is 2.71. The van der Waals surface area contributed by atoms with Gasteiger partial charge in [0.15, 0.2) is 0 Å². The van der Waals surface area contributed by atoms with Gasteiger partial charge >= 0.3 is 5.97 Å². The zero-order chi connectivity index (χ0) is 15.1. The normalized spacial score (nSPS) is 11.0. The number of para-hydroxylation sites is 1. The molecular formula is C17H17NO3. The molecule has 4 heteroatoms. The van der Waals surface area contributed by atoms with Crippen LogP contribution in [-0.4, -0.2) is 32.4 Å². The highest BCUT2D eigenvalue weighted by Gasteiger charge is 2.12. The molecule has 0 unspecified atom stereocenters. The van der Waals surface area contributed by atoms with Gasteiger partial charge in [-0.15, -0.1) is 0 Å². The molecule has 2 rings (SSSR count). The fourth-order valence-corrected chi connectivity index (χ4v) is 1.98. The SMILES string of the molecule is COC(=O)CN=C(c1ccccc1)c1ccccc1OC. The molecule has 108 valence electrons. The van der Waals surface area contributed by atoms with Gasteiger partial charge in [-0.2, -0.15) is 0 Å². The molecule has 0 amide bonds. The lowest BCUT2D eigenvalue weighted by Crippen LogP contribution is -2.11. The summed E-state index contributed by atoms with van der Waals surface area (Å²) in [5.41, 5.74) is 2.47. The zero-order valence-electron chi connectivity index (χ0n) is 12.1. The van der Waals surface area contributed by atoms with Crippen LogP contribution in [0.2, 0.25) is 0 Å². The first-order chi connectivity index (χ1) is 10.3. The number of hydrogen-bond acceptors (Lipinski definition) is 4. The minimum absolute atomic E-state index is 0.0290. The first kappa shape index (κ1) is 14.8. The van der Waals surface area contributed by atoms with Crippen molar-refractivity contribution >= 4 is 11.7 Å². The summed E-state index contributed by atoms with van der Waals surface area (Å²) in [6.45, 7) is -0.0290. The van der Waals surface area contributed by atoms with Crippen molar-refractivity contribution in [1.29, 1.82) is 0 Å². The van der Waals surface area contributed by atoms with Crippen molar-refractivity contribution in [2.45, 2.75) is 0 Å². The minimum atomic E-state index is -0.377. The fourth-order valence-electron chi connectivity index (χ4n) is 1.98. The Morgan fingerprint density at radius 1 is 1.00 bits per heavy atom. The molecule has 0 saturated carbocycles. The number of methoxy groups -OCH3 is 2. The van der Waals surface area contributed by atoms with E-state index < -0.39 is 0 Å². The number of esters is 1. The van der Waals surface area contributed by atoms with E-state index in [0.717, 1.165) is 11.1 Å². The molecule has 0 aliphatic carbocycles. The van der Waals surface area contributed by atoms with E-state index in [1.807, 2.05) is 54.6 Å². The van der Waals surface area contributed by atoms with Gasteiger partial charge in [-0.1, -0.05) is 42.5 Å². The van der Waals surface area contributed by atoms with Crippen LogP contribution in [0.5, 0.6) is 5.75 Å². The Morgan fingerprint density at radius 2 is 1.67 bits per heavy atom. The first-order valence-electron chi connectivity index (χ1n) is 6.56. The molecule has 0 heterocycles. The van der Waals surface area contributed by atoms with E-state index in [4.69, 9.17) is 4.74 Å². The van der Waals surface area contributed by atoms with Gasteiger partial charge < -0.3 is 9.47 Å². The largest absolute Gasteiger partial charge is 0.496 e. The second kappa shape index (κ2) is 7.24. The van der Waals surface area contributed by atoms with E-state index in [9.17, 15) is 4.79 Å². The number of nitrogens with zero attached hydrogens (tertiary/aromatic N) is 1. The Morgan fingerprint density at radius 3 is 2.33 bits per heavy atom. The topological polar surface area (TPSA) is 47.9 Å². The van der Waals surface area contributed by atoms with Crippen LogP contribution in [0.1, 0.15) is 11.1 Å². The summed E-state index contributed by atoms with van der Waals surface area (Å²) in [7, 11) is 2.96. The lowest BCUT2D eigenvalue weighted by Gasteiger charge is -2.11. The molecule has 0 radical (unpaired) electrons. The Labute approximate surface area is 124 Å². The molecule has 0 spiro atoms. The van der Waals surface area contributed by atoms with Crippen molar-refractivity contribution in [2.24, 2.45) is 4.99 Å². The number of carbonyl (C=O) groups is 1. The second-order valence-electron chi connectivity index (χ2n) is 4.31. The third-order valence-electron chi connectivity index (χ3n) is 3.00. The van der Waals surface area contributed by atoms with Crippen LogP contribution < -0.4 is 4.74 Å². The monoisotopic (exact) mass is 283 g/mol. The smallest absolute Gasteiger partial charge is 0.327 e. The fraction of sp³-hybridized carbons (Fsp3) is 0.176. The van der Waals surface area contributed by atoms with E-state index in [0.29, 0.717) is 11.5 Å². The third kappa shape index (κ3) is 3.69. The molecule has 4 nitrogen and oxygen atoms in total. The van der Waals surface area contributed by atoms with E-state index >= 15 is 0 Å². The molecule has 2 aromatic carbocycles. The Hall–Kier alpha value is -2.62. The summed E-state index contributed by atoms with van der Waals surface area (Å²) in [6, 6.07) is 17.3. The summed E-state index contributed by atoms with van der Waals surface area (Å²) in [4.78, 5) is 15.8.